The number of unbranched alkanes of at least 4 members (excludes halogenated alkanes) is 32. The molecular formula is C48H94NO8P. The van der Waals surface area contributed by atoms with Crippen LogP contribution in [0.1, 0.15) is 251 Å². The van der Waals surface area contributed by atoms with E-state index in [1.54, 1.807) is 0 Å². The molecule has 9 nitrogen and oxygen atoms in total. The molecule has 1 unspecified atom stereocenters. The summed E-state index contributed by atoms with van der Waals surface area (Å²) in [6.45, 7) is 3.75. The molecule has 0 heterocycles. The second-order valence-electron chi connectivity index (χ2n) is 16.7. The number of hydrogen-bond acceptors (Lipinski definition) is 8. The molecule has 0 saturated carbocycles. The highest BCUT2D eigenvalue weighted by Crippen LogP contribution is 2.43. The maximum absolute atomic E-state index is 12.6. The third-order valence-corrected chi connectivity index (χ3v) is 11.9. The first-order chi connectivity index (χ1) is 28.3. The van der Waals surface area contributed by atoms with Crippen LogP contribution < -0.4 is 5.73 Å². The van der Waals surface area contributed by atoms with Gasteiger partial charge in [-0.2, -0.15) is 0 Å². The van der Waals surface area contributed by atoms with Crippen molar-refractivity contribution in [1.82, 2.24) is 0 Å². The van der Waals surface area contributed by atoms with E-state index in [0.29, 0.717) is 12.8 Å². The summed E-state index contributed by atoms with van der Waals surface area (Å²) in [6.07, 6.45) is 48.3. The Kier molecular flexibility index (Phi) is 44.3. The van der Waals surface area contributed by atoms with E-state index in [9.17, 15) is 19.0 Å². The molecule has 0 aliphatic rings. The zero-order valence-corrected chi connectivity index (χ0v) is 38.9. The fourth-order valence-electron chi connectivity index (χ4n) is 7.23. The number of phosphoric ester groups is 1. The van der Waals surface area contributed by atoms with E-state index in [1.165, 1.54) is 186 Å². The largest absolute Gasteiger partial charge is 0.472 e. The lowest BCUT2D eigenvalue weighted by molar-refractivity contribution is -0.161. The third-order valence-electron chi connectivity index (χ3n) is 10.9. The molecule has 0 spiro atoms. The number of esters is 2. The fraction of sp³-hybridized carbons (Fsp3) is 0.917. The van der Waals surface area contributed by atoms with Gasteiger partial charge >= 0.3 is 19.8 Å². The van der Waals surface area contributed by atoms with Crippen LogP contribution in [-0.4, -0.2) is 49.3 Å². The first-order valence-corrected chi connectivity index (χ1v) is 26.2. The Morgan fingerprint density at radius 1 is 0.500 bits per heavy atom. The summed E-state index contributed by atoms with van der Waals surface area (Å²) in [4.78, 5) is 34.9. The Bertz CT molecular complexity index is 964. The van der Waals surface area contributed by atoms with Crippen molar-refractivity contribution in [2.45, 2.75) is 258 Å². The van der Waals surface area contributed by atoms with Crippen LogP contribution in [0.25, 0.3) is 0 Å². The predicted molar refractivity (Wildman–Crippen MR) is 243 cm³/mol. The van der Waals surface area contributed by atoms with Gasteiger partial charge in [0.1, 0.15) is 6.61 Å². The number of hydrogen-bond donors (Lipinski definition) is 2. The molecule has 2 atom stereocenters. The Balaban J connectivity index is 4.02. The minimum Gasteiger partial charge on any atom is -0.462 e. The summed E-state index contributed by atoms with van der Waals surface area (Å²) in [7, 11) is -4.38. The molecule has 0 saturated heterocycles. The van der Waals surface area contributed by atoms with Gasteiger partial charge in [0.15, 0.2) is 6.10 Å². The molecule has 0 amide bonds. The van der Waals surface area contributed by atoms with Crippen LogP contribution in [-0.2, 0) is 32.7 Å². The van der Waals surface area contributed by atoms with Gasteiger partial charge in [-0.3, -0.25) is 18.6 Å². The number of carbonyl (C=O) groups excluding carboxylic acids is 2. The molecule has 344 valence electrons. The number of phosphoric acid groups is 1. The lowest BCUT2D eigenvalue weighted by atomic mass is 10.0. The van der Waals surface area contributed by atoms with E-state index < -0.39 is 32.5 Å². The molecule has 0 rings (SSSR count). The lowest BCUT2D eigenvalue weighted by Gasteiger charge is -2.19. The van der Waals surface area contributed by atoms with Crippen molar-refractivity contribution in [3.63, 3.8) is 0 Å². The smallest absolute Gasteiger partial charge is 0.462 e. The van der Waals surface area contributed by atoms with E-state index in [4.69, 9.17) is 24.3 Å². The molecule has 0 aromatic rings. The normalized spacial score (nSPS) is 13.2. The Labute approximate surface area is 358 Å². The topological polar surface area (TPSA) is 134 Å². The molecule has 0 aliphatic carbocycles. The maximum Gasteiger partial charge on any atom is 0.472 e. The average Bonchev–Trinajstić information content (AvgIpc) is 3.21. The number of rotatable bonds is 47. The minimum absolute atomic E-state index is 0.0535. The van der Waals surface area contributed by atoms with Gasteiger partial charge in [-0.25, -0.2) is 4.57 Å². The lowest BCUT2D eigenvalue weighted by Crippen LogP contribution is -2.29. The SMILES string of the molecule is CCCCCCCCCCCCCCCCCCCC/C=C/CCCC(=O)OC[C@@H](COP(=O)(O)OCCN)OC(=O)CCCCCCCCCCCCCCCC. The highest BCUT2D eigenvalue weighted by molar-refractivity contribution is 7.47. The van der Waals surface area contributed by atoms with E-state index in [0.717, 1.165) is 25.7 Å². The molecule has 0 bridgehead atoms. The van der Waals surface area contributed by atoms with Crippen molar-refractivity contribution in [2.75, 3.05) is 26.4 Å². The van der Waals surface area contributed by atoms with Crippen LogP contribution in [0.5, 0.6) is 0 Å². The minimum atomic E-state index is -4.38. The molecule has 0 fully saturated rings. The zero-order valence-electron chi connectivity index (χ0n) is 38.1. The van der Waals surface area contributed by atoms with Gasteiger partial charge in [0.2, 0.25) is 0 Å². The van der Waals surface area contributed by atoms with Crippen molar-refractivity contribution in [3.8, 4) is 0 Å². The van der Waals surface area contributed by atoms with E-state index in [2.05, 4.69) is 26.0 Å². The standard InChI is InChI=1S/C48H94NO8P/c1-3-5-7-9-11-13-15-17-19-20-21-22-23-24-25-26-27-29-30-32-34-36-38-40-47(50)54-44-46(45-56-58(52,53)55-43-42-49)57-48(51)41-39-37-35-33-31-28-18-16-14-12-10-8-6-4-2/h32,34,46H,3-31,33,35-45,49H2,1-2H3,(H,52,53)/b34-32+/t46-/m0/s1. The summed E-state index contributed by atoms with van der Waals surface area (Å²) in [5, 5.41) is 0. The van der Waals surface area contributed by atoms with Crippen molar-refractivity contribution >= 4 is 19.8 Å². The van der Waals surface area contributed by atoms with E-state index >= 15 is 0 Å². The summed E-state index contributed by atoms with van der Waals surface area (Å²) >= 11 is 0. The van der Waals surface area contributed by atoms with Crippen LogP contribution in [0.3, 0.4) is 0 Å². The van der Waals surface area contributed by atoms with Gasteiger partial charge in [0.05, 0.1) is 13.2 Å². The Morgan fingerprint density at radius 2 is 0.862 bits per heavy atom. The van der Waals surface area contributed by atoms with Crippen molar-refractivity contribution in [3.05, 3.63) is 12.2 Å². The zero-order chi connectivity index (χ0) is 42.5. The molecule has 0 aromatic carbocycles. The number of carbonyl (C=O) groups is 2. The Hall–Kier alpha value is -1.25. The number of ether oxygens (including phenoxy) is 2. The van der Waals surface area contributed by atoms with Crippen LogP contribution in [0.2, 0.25) is 0 Å². The summed E-state index contributed by atoms with van der Waals surface area (Å²) in [6, 6.07) is 0. The first-order valence-electron chi connectivity index (χ1n) is 24.7. The second kappa shape index (κ2) is 45.3. The molecule has 0 aliphatic heterocycles. The van der Waals surface area contributed by atoms with Gasteiger partial charge in [-0.1, -0.05) is 219 Å². The van der Waals surface area contributed by atoms with Crippen molar-refractivity contribution < 1.29 is 37.6 Å². The van der Waals surface area contributed by atoms with E-state index in [-0.39, 0.29) is 32.6 Å². The van der Waals surface area contributed by atoms with Gasteiger partial charge in [-0.15, -0.1) is 0 Å². The molecule has 0 aromatic heterocycles. The molecule has 10 heteroatoms. The summed E-state index contributed by atoms with van der Waals surface area (Å²) < 4.78 is 32.8. The van der Waals surface area contributed by atoms with Gasteiger partial charge in [-0.05, 0) is 32.1 Å². The number of nitrogens with two attached hydrogens (primary N) is 1. The first kappa shape index (κ1) is 56.8. The Morgan fingerprint density at radius 3 is 1.28 bits per heavy atom. The average molecular weight is 844 g/mol. The highest BCUT2D eigenvalue weighted by Gasteiger charge is 2.26. The van der Waals surface area contributed by atoms with Gasteiger partial charge < -0.3 is 20.1 Å². The maximum atomic E-state index is 12.6. The van der Waals surface area contributed by atoms with Crippen LogP contribution in [0, 0.1) is 0 Å². The van der Waals surface area contributed by atoms with Crippen LogP contribution in [0.4, 0.5) is 0 Å². The molecular weight excluding hydrogens is 750 g/mol. The van der Waals surface area contributed by atoms with Crippen LogP contribution >= 0.6 is 7.82 Å². The molecule has 3 N–H and O–H groups in total. The van der Waals surface area contributed by atoms with Gasteiger partial charge in [0, 0.05) is 19.4 Å². The highest BCUT2D eigenvalue weighted by atomic mass is 31.2. The molecule has 58 heavy (non-hydrogen) atoms. The monoisotopic (exact) mass is 844 g/mol. The van der Waals surface area contributed by atoms with E-state index in [1.807, 2.05) is 0 Å². The molecule has 0 radical (unpaired) electrons. The van der Waals surface area contributed by atoms with Crippen LogP contribution in [0.15, 0.2) is 12.2 Å². The van der Waals surface area contributed by atoms with Crippen molar-refractivity contribution in [2.24, 2.45) is 5.73 Å². The van der Waals surface area contributed by atoms with Crippen molar-refractivity contribution in [1.29, 1.82) is 0 Å². The second-order valence-corrected chi connectivity index (χ2v) is 18.1. The summed E-state index contributed by atoms with van der Waals surface area (Å²) in [5.41, 5.74) is 5.36. The van der Waals surface area contributed by atoms with Gasteiger partial charge in [0.25, 0.3) is 0 Å². The number of allylic oxidation sites excluding steroid dienone is 2. The third kappa shape index (κ3) is 44.3. The quantitative estimate of drug-likeness (QED) is 0.0266. The predicted octanol–water partition coefficient (Wildman–Crippen LogP) is 14.6. The fourth-order valence-corrected chi connectivity index (χ4v) is 7.99. The summed E-state index contributed by atoms with van der Waals surface area (Å²) in [5.74, 6) is -0.851.